The van der Waals surface area contributed by atoms with E-state index in [9.17, 15) is 8.78 Å². The number of ether oxygens (including phenoxy) is 1. The zero-order valence-electron chi connectivity index (χ0n) is 9.86. The van der Waals surface area contributed by atoms with Gasteiger partial charge < -0.3 is 4.74 Å². The molecule has 0 N–H and O–H groups in total. The highest BCUT2D eigenvalue weighted by Gasteiger charge is 2.06. The SMILES string of the molecule is COc1cccc(/C=C(/F)c2ccccc2F)c1. The number of halogens is 2. The molecule has 0 fully saturated rings. The maximum absolute atomic E-state index is 13.9. The molecule has 0 aliphatic carbocycles. The van der Waals surface area contributed by atoms with E-state index >= 15 is 0 Å². The van der Waals surface area contributed by atoms with E-state index in [1.807, 2.05) is 0 Å². The Morgan fingerprint density at radius 3 is 2.61 bits per heavy atom. The van der Waals surface area contributed by atoms with Crippen LogP contribution < -0.4 is 4.74 Å². The predicted molar refractivity (Wildman–Crippen MR) is 68.4 cm³/mol. The van der Waals surface area contributed by atoms with Gasteiger partial charge in [0, 0.05) is 5.56 Å². The predicted octanol–water partition coefficient (Wildman–Crippen LogP) is 4.30. The molecule has 92 valence electrons. The fraction of sp³-hybridized carbons (Fsp3) is 0.0667. The van der Waals surface area contributed by atoms with Gasteiger partial charge in [-0.1, -0.05) is 24.3 Å². The molecule has 3 heteroatoms. The molecule has 1 nitrogen and oxygen atoms in total. The van der Waals surface area contributed by atoms with E-state index in [2.05, 4.69) is 0 Å². The number of hydrogen-bond acceptors (Lipinski definition) is 1. The second-order valence-electron chi connectivity index (χ2n) is 3.75. The molecule has 0 spiro atoms. The van der Waals surface area contributed by atoms with Gasteiger partial charge in [-0.15, -0.1) is 0 Å². The molecule has 0 aliphatic heterocycles. The summed E-state index contributed by atoms with van der Waals surface area (Å²) < 4.78 is 32.3. The van der Waals surface area contributed by atoms with E-state index in [4.69, 9.17) is 4.74 Å². The minimum absolute atomic E-state index is 0.0414. The third-order valence-corrected chi connectivity index (χ3v) is 2.52. The van der Waals surface area contributed by atoms with Crippen molar-refractivity contribution >= 4 is 11.9 Å². The Morgan fingerprint density at radius 1 is 1.11 bits per heavy atom. The van der Waals surface area contributed by atoms with Gasteiger partial charge in [-0.3, -0.25) is 0 Å². The highest BCUT2D eigenvalue weighted by atomic mass is 19.1. The van der Waals surface area contributed by atoms with Crippen molar-refractivity contribution in [2.75, 3.05) is 7.11 Å². The summed E-state index contributed by atoms with van der Waals surface area (Å²) in [6.45, 7) is 0. The lowest BCUT2D eigenvalue weighted by Crippen LogP contribution is -1.86. The molecule has 2 rings (SSSR count). The van der Waals surface area contributed by atoms with E-state index in [-0.39, 0.29) is 5.56 Å². The summed E-state index contributed by atoms with van der Waals surface area (Å²) >= 11 is 0. The normalized spacial score (nSPS) is 11.4. The molecule has 0 heterocycles. The highest BCUT2D eigenvalue weighted by molar-refractivity contribution is 5.77. The maximum Gasteiger partial charge on any atom is 0.133 e. The van der Waals surface area contributed by atoms with E-state index in [0.717, 1.165) is 0 Å². The van der Waals surface area contributed by atoms with Gasteiger partial charge in [0.25, 0.3) is 0 Å². The second-order valence-corrected chi connectivity index (χ2v) is 3.75. The monoisotopic (exact) mass is 246 g/mol. The van der Waals surface area contributed by atoms with Crippen LogP contribution in [0.2, 0.25) is 0 Å². The molecule has 2 aromatic rings. The summed E-state index contributed by atoms with van der Waals surface area (Å²) in [6.07, 6.45) is 1.28. The lowest BCUT2D eigenvalue weighted by molar-refractivity contribution is 0.414. The minimum atomic E-state index is -0.610. The quantitative estimate of drug-likeness (QED) is 0.733. The highest BCUT2D eigenvalue weighted by Crippen LogP contribution is 2.23. The van der Waals surface area contributed by atoms with Gasteiger partial charge >= 0.3 is 0 Å². The van der Waals surface area contributed by atoms with Gasteiger partial charge in [0.2, 0.25) is 0 Å². The summed E-state index contributed by atoms with van der Waals surface area (Å²) in [5.74, 6) is -0.555. The molecule has 0 aromatic heterocycles. The van der Waals surface area contributed by atoms with Crippen LogP contribution in [0, 0.1) is 5.82 Å². The first-order chi connectivity index (χ1) is 8.70. The molecular formula is C15H12F2O. The number of hydrogen-bond donors (Lipinski definition) is 0. The first kappa shape index (κ1) is 12.3. The molecule has 18 heavy (non-hydrogen) atoms. The molecule has 0 radical (unpaired) electrons. The molecule has 2 aromatic carbocycles. The van der Waals surface area contributed by atoms with Gasteiger partial charge in [0.05, 0.1) is 7.11 Å². The van der Waals surface area contributed by atoms with Crippen LogP contribution in [0.15, 0.2) is 48.5 Å². The van der Waals surface area contributed by atoms with Crippen LogP contribution in [0.3, 0.4) is 0 Å². The fourth-order valence-electron chi connectivity index (χ4n) is 1.61. The second kappa shape index (κ2) is 5.45. The molecule has 0 saturated heterocycles. The summed E-state index contributed by atoms with van der Waals surface area (Å²) in [4.78, 5) is 0. The van der Waals surface area contributed by atoms with Gasteiger partial charge in [-0.05, 0) is 35.9 Å². The Balaban J connectivity index is 2.35. The van der Waals surface area contributed by atoms with Crippen molar-refractivity contribution in [1.29, 1.82) is 0 Å². The average Bonchev–Trinajstić information content (AvgIpc) is 2.39. The van der Waals surface area contributed by atoms with Crippen LogP contribution in [-0.4, -0.2) is 7.11 Å². The van der Waals surface area contributed by atoms with Crippen LogP contribution in [0.25, 0.3) is 11.9 Å². The van der Waals surface area contributed by atoms with Gasteiger partial charge in [-0.25, -0.2) is 8.78 Å². The maximum atomic E-state index is 13.9. The smallest absolute Gasteiger partial charge is 0.133 e. The molecule has 0 bridgehead atoms. The van der Waals surface area contributed by atoms with Crippen molar-refractivity contribution in [3.63, 3.8) is 0 Å². The fourth-order valence-corrected chi connectivity index (χ4v) is 1.61. The van der Waals surface area contributed by atoms with Gasteiger partial charge in [0.1, 0.15) is 17.4 Å². The first-order valence-electron chi connectivity index (χ1n) is 5.47. The third kappa shape index (κ3) is 2.74. The summed E-state index contributed by atoms with van der Waals surface area (Å²) in [5.41, 5.74) is 0.579. The lowest BCUT2D eigenvalue weighted by Gasteiger charge is -2.02. The van der Waals surface area contributed by atoms with E-state index < -0.39 is 11.6 Å². The Morgan fingerprint density at radius 2 is 1.89 bits per heavy atom. The van der Waals surface area contributed by atoms with Crippen molar-refractivity contribution in [2.24, 2.45) is 0 Å². The van der Waals surface area contributed by atoms with E-state index in [1.54, 1.807) is 30.3 Å². The zero-order chi connectivity index (χ0) is 13.0. The Hall–Kier alpha value is -2.16. The summed E-state index contributed by atoms with van der Waals surface area (Å²) in [6, 6.07) is 12.7. The van der Waals surface area contributed by atoms with E-state index in [0.29, 0.717) is 11.3 Å². The largest absolute Gasteiger partial charge is 0.497 e. The first-order valence-corrected chi connectivity index (χ1v) is 5.47. The van der Waals surface area contributed by atoms with Gasteiger partial charge in [-0.2, -0.15) is 0 Å². The topological polar surface area (TPSA) is 9.23 Å². The zero-order valence-corrected chi connectivity index (χ0v) is 9.86. The van der Waals surface area contributed by atoms with Crippen molar-refractivity contribution in [3.8, 4) is 5.75 Å². The van der Waals surface area contributed by atoms with Crippen LogP contribution in [-0.2, 0) is 0 Å². The van der Waals surface area contributed by atoms with Gasteiger partial charge in [0.15, 0.2) is 0 Å². The van der Waals surface area contributed by atoms with Crippen LogP contribution in [0.5, 0.6) is 5.75 Å². The number of methoxy groups -OCH3 is 1. The molecule has 0 amide bonds. The third-order valence-electron chi connectivity index (χ3n) is 2.52. The van der Waals surface area contributed by atoms with Crippen molar-refractivity contribution in [1.82, 2.24) is 0 Å². The molecule has 0 saturated carbocycles. The van der Waals surface area contributed by atoms with Crippen LogP contribution in [0.4, 0.5) is 8.78 Å². The minimum Gasteiger partial charge on any atom is -0.497 e. The van der Waals surface area contributed by atoms with Crippen LogP contribution >= 0.6 is 0 Å². The van der Waals surface area contributed by atoms with E-state index in [1.165, 1.54) is 31.4 Å². The standard InChI is InChI=1S/C15H12F2O/c1-18-12-6-4-5-11(9-12)10-15(17)13-7-2-3-8-14(13)16/h2-10H,1H3/b15-10+. The Kier molecular flexibility index (Phi) is 3.72. The molecular weight excluding hydrogens is 234 g/mol. The summed E-state index contributed by atoms with van der Waals surface area (Å²) in [5, 5.41) is 0. The number of rotatable bonds is 3. The molecule has 0 unspecified atom stereocenters. The molecule has 0 aliphatic rings. The van der Waals surface area contributed by atoms with Crippen molar-refractivity contribution in [3.05, 3.63) is 65.5 Å². The van der Waals surface area contributed by atoms with Crippen LogP contribution in [0.1, 0.15) is 11.1 Å². The Labute approximate surface area is 104 Å². The average molecular weight is 246 g/mol. The van der Waals surface area contributed by atoms with Crippen molar-refractivity contribution in [2.45, 2.75) is 0 Å². The van der Waals surface area contributed by atoms with Crippen molar-refractivity contribution < 1.29 is 13.5 Å². The number of benzene rings is 2. The Bertz CT molecular complexity index is 576. The summed E-state index contributed by atoms with van der Waals surface area (Å²) in [7, 11) is 1.54. The lowest BCUT2D eigenvalue weighted by atomic mass is 10.1. The molecule has 0 atom stereocenters.